The van der Waals surface area contributed by atoms with E-state index in [4.69, 9.17) is 21.9 Å². The Bertz CT molecular complexity index is 578. The van der Waals surface area contributed by atoms with Gasteiger partial charge in [0, 0.05) is 17.1 Å². The standard InChI is InChI=1S/C15H19ClN4O/c16-12-6-4-11(5-7-12)15-18-14(19-21-15)13(17)10-20-8-2-1-3-9-20/h4-7,13H,1-3,8-10,17H2. The van der Waals surface area contributed by atoms with Crippen molar-refractivity contribution < 1.29 is 4.52 Å². The van der Waals surface area contributed by atoms with Crippen LogP contribution in [-0.2, 0) is 0 Å². The maximum absolute atomic E-state index is 6.19. The normalized spacial score (nSPS) is 17.8. The van der Waals surface area contributed by atoms with Crippen molar-refractivity contribution in [1.29, 1.82) is 0 Å². The largest absolute Gasteiger partial charge is 0.334 e. The van der Waals surface area contributed by atoms with Crippen LogP contribution in [-0.4, -0.2) is 34.7 Å². The highest BCUT2D eigenvalue weighted by molar-refractivity contribution is 6.30. The summed E-state index contributed by atoms with van der Waals surface area (Å²) in [5, 5.41) is 4.69. The van der Waals surface area contributed by atoms with Crippen LogP contribution in [0.3, 0.4) is 0 Å². The average molecular weight is 307 g/mol. The highest BCUT2D eigenvalue weighted by Gasteiger charge is 2.19. The first-order valence-electron chi connectivity index (χ1n) is 7.30. The monoisotopic (exact) mass is 306 g/mol. The Labute approximate surface area is 129 Å². The molecule has 2 N–H and O–H groups in total. The van der Waals surface area contributed by atoms with Gasteiger partial charge in [0.15, 0.2) is 5.82 Å². The molecule has 1 atom stereocenters. The van der Waals surface area contributed by atoms with E-state index in [1.807, 2.05) is 12.1 Å². The molecule has 0 radical (unpaired) electrons. The van der Waals surface area contributed by atoms with Crippen molar-refractivity contribution in [3.05, 3.63) is 35.1 Å². The van der Waals surface area contributed by atoms with E-state index in [2.05, 4.69) is 15.0 Å². The third kappa shape index (κ3) is 3.61. The third-order valence-corrected chi connectivity index (χ3v) is 4.02. The van der Waals surface area contributed by atoms with Gasteiger partial charge in [0.1, 0.15) is 0 Å². The zero-order valence-electron chi connectivity index (χ0n) is 11.8. The van der Waals surface area contributed by atoms with E-state index < -0.39 is 0 Å². The predicted molar refractivity (Wildman–Crippen MR) is 82.0 cm³/mol. The number of nitrogens with zero attached hydrogens (tertiary/aromatic N) is 3. The molecule has 1 aliphatic rings. The number of piperidine rings is 1. The van der Waals surface area contributed by atoms with Crippen LogP contribution < -0.4 is 5.73 Å². The molecule has 1 unspecified atom stereocenters. The number of hydrogen-bond donors (Lipinski definition) is 1. The summed E-state index contributed by atoms with van der Waals surface area (Å²) in [5.41, 5.74) is 7.04. The molecule has 0 aliphatic carbocycles. The first-order chi connectivity index (χ1) is 10.2. The summed E-state index contributed by atoms with van der Waals surface area (Å²) >= 11 is 5.87. The zero-order chi connectivity index (χ0) is 14.7. The second-order valence-electron chi connectivity index (χ2n) is 5.43. The van der Waals surface area contributed by atoms with Crippen LogP contribution >= 0.6 is 11.6 Å². The lowest BCUT2D eigenvalue weighted by Crippen LogP contribution is -2.36. The van der Waals surface area contributed by atoms with E-state index in [9.17, 15) is 0 Å². The molecule has 3 rings (SSSR count). The number of rotatable bonds is 4. The van der Waals surface area contributed by atoms with Crippen LogP contribution in [0, 0.1) is 0 Å². The number of likely N-dealkylation sites (tertiary alicyclic amines) is 1. The van der Waals surface area contributed by atoms with Gasteiger partial charge in [0.25, 0.3) is 5.89 Å². The fourth-order valence-electron chi connectivity index (χ4n) is 2.60. The lowest BCUT2D eigenvalue weighted by atomic mass is 10.1. The second kappa shape index (κ2) is 6.56. The van der Waals surface area contributed by atoms with Crippen molar-refractivity contribution in [3.63, 3.8) is 0 Å². The summed E-state index contributed by atoms with van der Waals surface area (Å²) in [6, 6.07) is 7.10. The van der Waals surface area contributed by atoms with Crippen molar-refractivity contribution in [2.45, 2.75) is 25.3 Å². The molecular formula is C15H19ClN4O. The quantitative estimate of drug-likeness (QED) is 0.940. The SMILES string of the molecule is NC(CN1CCCCC1)c1noc(-c2ccc(Cl)cc2)n1. The molecule has 1 fully saturated rings. The van der Waals surface area contributed by atoms with Gasteiger partial charge in [0.2, 0.25) is 0 Å². The molecule has 2 aromatic rings. The van der Waals surface area contributed by atoms with Crippen molar-refractivity contribution in [2.24, 2.45) is 5.73 Å². The van der Waals surface area contributed by atoms with E-state index in [1.165, 1.54) is 19.3 Å². The first-order valence-corrected chi connectivity index (χ1v) is 7.67. The van der Waals surface area contributed by atoms with Gasteiger partial charge < -0.3 is 15.2 Å². The number of hydrogen-bond acceptors (Lipinski definition) is 5. The van der Waals surface area contributed by atoms with Crippen LogP contribution in [0.15, 0.2) is 28.8 Å². The van der Waals surface area contributed by atoms with Crippen molar-refractivity contribution in [3.8, 4) is 11.5 Å². The smallest absolute Gasteiger partial charge is 0.257 e. The van der Waals surface area contributed by atoms with Gasteiger partial charge in [-0.3, -0.25) is 0 Å². The van der Waals surface area contributed by atoms with Crippen molar-refractivity contribution in [2.75, 3.05) is 19.6 Å². The minimum Gasteiger partial charge on any atom is -0.334 e. The lowest BCUT2D eigenvalue weighted by molar-refractivity contribution is 0.213. The van der Waals surface area contributed by atoms with Crippen molar-refractivity contribution >= 4 is 11.6 Å². The molecular weight excluding hydrogens is 288 g/mol. The van der Waals surface area contributed by atoms with E-state index in [1.54, 1.807) is 12.1 Å². The maximum atomic E-state index is 6.19. The van der Waals surface area contributed by atoms with Gasteiger partial charge in [-0.15, -0.1) is 0 Å². The Balaban J connectivity index is 1.67. The van der Waals surface area contributed by atoms with Crippen LogP contribution in [0.5, 0.6) is 0 Å². The fourth-order valence-corrected chi connectivity index (χ4v) is 2.72. The summed E-state index contributed by atoms with van der Waals surface area (Å²) < 4.78 is 5.30. The van der Waals surface area contributed by atoms with Crippen molar-refractivity contribution in [1.82, 2.24) is 15.0 Å². The Morgan fingerprint density at radius 2 is 1.90 bits per heavy atom. The molecule has 0 amide bonds. The van der Waals surface area contributed by atoms with E-state index in [0.717, 1.165) is 25.2 Å². The number of aromatic nitrogens is 2. The van der Waals surface area contributed by atoms with Gasteiger partial charge in [-0.05, 0) is 50.2 Å². The first kappa shape index (κ1) is 14.5. The molecule has 1 aromatic carbocycles. The Morgan fingerprint density at radius 3 is 2.62 bits per heavy atom. The molecule has 0 bridgehead atoms. The minimum absolute atomic E-state index is 0.215. The van der Waals surface area contributed by atoms with Gasteiger partial charge in [0.05, 0.1) is 6.04 Å². The van der Waals surface area contributed by atoms with E-state index in [0.29, 0.717) is 16.7 Å². The van der Waals surface area contributed by atoms with Crippen LogP contribution in [0.2, 0.25) is 5.02 Å². The summed E-state index contributed by atoms with van der Waals surface area (Å²) in [6.45, 7) is 2.99. The van der Waals surface area contributed by atoms with E-state index in [-0.39, 0.29) is 6.04 Å². The maximum Gasteiger partial charge on any atom is 0.257 e. The summed E-state index contributed by atoms with van der Waals surface area (Å²) in [4.78, 5) is 6.77. The van der Waals surface area contributed by atoms with Gasteiger partial charge in [-0.25, -0.2) is 0 Å². The number of nitrogens with two attached hydrogens (primary N) is 1. The fraction of sp³-hybridized carbons (Fsp3) is 0.467. The summed E-state index contributed by atoms with van der Waals surface area (Å²) in [7, 11) is 0. The molecule has 1 aliphatic heterocycles. The summed E-state index contributed by atoms with van der Waals surface area (Å²) in [6.07, 6.45) is 3.80. The van der Waals surface area contributed by atoms with Crippen LogP contribution in [0.4, 0.5) is 0 Å². The Kier molecular flexibility index (Phi) is 4.53. The molecule has 2 heterocycles. The molecule has 5 nitrogen and oxygen atoms in total. The average Bonchev–Trinajstić information content (AvgIpc) is 2.99. The molecule has 112 valence electrons. The molecule has 6 heteroatoms. The molecule has 0 spiro atoms. The highest BCUT2D eigenvalue weighted by atomic mass is 35.5. The Hall–Kier alpha value is -1.43. The van der Waals surface area contributed by atoms with Gasteiger partial charge in [-0.1, -0.05) is 23.2 Å². The molecule has 0 saturated carbocycles. The number of benzene rings is 1. The van der Waals surface area contributed by atoms with Gasteiger partial charge in [-0.2, -0.15) is 4.98 Å². The predicted octanol–water partition coefficient (Wildman–Crippen LogP) is 2.88. The lowest BCUT2D eigenvalue weighted by Gasteiger charge is -2.27. The minimum atomic E-state index is -0.215. The number of halogens is 1. The van der Waals surface area contributed by atoms with Crippen LogP contribution in [0.1, 0.15) is 31.1 Å². The highest BCUT2D eigenvalue weighted by Crippen LogP contribution is 2.21. The molecule has 1 aromatic heterocycles. The third-order valence-electron chi connectivity index (χ3n) is 3.77. The summed E-state index contributed by atoms with van der Waals surface area (Å²) in [5.74, 6) is 1.04. The molecule has 21 heavy (non-hydrogen) atoms. The topological polar surface area (TPSA) is 68.2 Å². The molecule has 1 saturated heterocycles. The second-order valence-corrected chi connectivity index (χ2v) is 5.87. The zero-order valence-corrected chi connectivity index (χ0v) is 12.6. The van der Waals surface area contributed by atoms with Gasteiger partial charge >= 0.3 is 0 Å². The van der Waals surface area contributed by atoms with E-state index >= 15 is 0 Å². The van der Waals surface area contributed by atoms with Crippen LogP contribution in [0.25, 0.3) is 11.5 Å². The Morgan fingerprint density at radius 1 is 1.19 bits per heavy atom.